The highest BCUT2D eigenvalue weighted by Crippen LogP contribution is 2.19. The fourth-order valence-corrected chi connectivity index (χ4v) is 1.07. The average Bonchev–Trinajstić information content (AvgIpc) is 2.17. The number of hydrogen-bond donors (Lipinski definition) is 2. The van der Waals surface area contributed by atoms with Gasteiger partial charge < -0.3 is 10.4 Å². The van der Waals surface area contributed by atoms with Gasteiger partial charge in [-0.1, -0.05) is 13.0 Å². The summed E-state index contributed by atoms with van der Waals surface area (Å²) in [7, 11) is 0. The van der Waals surface area contributed by atoms with Crippen LogP contribution >= 0.6 is 0 Å². The van der Waals surface area contributed by atoms with Gasteiger partial charge in [0.15, 0.2) is 0 Å². The van der Waals surface area contributed by atoms with Gasteiger partial charge in [-0.2, -0.15) is 0 Å². The molecule has 0 saturated heterocycles. The zero-order chi connectivity index (χ0) is 11.5. The molecule has 1 aromatic rings. The number of halogens is 2. The molecule has 1 unspecified atom stereocenters. The summed E-state index contributed by atoms with van der Waals surface area (Å²) in [6.07, 6.45) is 0.510. The van der Waals surface area contributed by atoms with Crippen molar-refractivity contribution in [3.05, 3.63) is 29.8 Å². The van der Waals surface area contributed by atoms with E-state index in [4.69, 9.17) is 0 Å². The van der Waals surface area contributed by atoms with E-state index in [-0.39, 0.29) is 12.2 Å². The summed E-state index contributed by atoms with van der Waals surface area (Å²) < 4.78 is 26.3. The minimum Gasteiger partial charge on any atom is -0.388 e. The van der Waals surface area contributed by atoms with Crippen LogP contribution in [-0.2, 0) is 0 Å². The summed E-state index contributed by atoms with van der Waals surface area (Å²) in [5.41, 5.74) is -1.15. The maximum absolute atomic E-state index is 13.1. The molecule has 2 N–H and O–H groups in total. The molecule has 15 heavy (non-hydrogen) atoms. The van der Waals surface area contributed by atoms with Crippen molar-refractivity contribution in [2.75, 3.05) is 11.9 Å². The molecule has 0 spiro atoms. The maximum atomic E-state index is 13.1. The van der Waals surface area contributed by atoms with E-state index in [1.54, 1.807) is 13.8 Å². The highest BCUT2D eigenvalue weighted by atomic mass is 19.1. The van der Waals surface area contributed by atoms with E-state index in [1.165, 1.54) is 18.2 Å². The van der Waals surface area contributed by atoms with E-state index in [1.807, 2.05) is 0 Å². The van der Waals surface area contributed by atoms with Crippen LogP contribution in [0.5, 0.6) is 0 Å². The van der Waals surface area contributed by atoms with Crippen LogP contribution in [0.3, 0.4) is 0 Å². The van der Waals surface area contributed by atoms with Crippen molar-refractivity contribution in [1.82, 2.24) is 0 Å². The van der Waals surface area contributed by atoms with Gasteiger partial charge in [-0.25, -0.2) is 8.78 Å². The van der Waals surface area contributed by atoms with Crippen LogP contribution in [-0.4, -0.2) is 17.3 Å². The second kappa shape index (κ2) is 4.57. The number of rotatable bonds is 4. The first-order valence-corrected chi connectivity index (χ1v) is 4.86. The molecule has 84 valence electrons. The molecule has 0 bridgehead atoms. The lowest BCUT2D eigenvalue weighted by molar-refractivity contribution is 0.0696. The number of aliphatic hydroxyl groups is 1. The van der Waals surface area contributed by atoms with Crippen LogP contribution in [0.25, 0.3) is 0 Å². The Labute approximate surface area is 87.9 Å². The van der Waals surface area contributed by atoms with Gasteiger partial charge in [0.2, 0.25) is 0 Å². The standard InChI is InChI=1S/C11H15F2NO/c1-3-11(2,15)7-14-10-8(12)5-4-6-9(10)13/h4-6,14-15H,3,7H2,1-2H3. The smallest absolute Gasteiger partial charge is 0.149 e. The third-order valence-electron chi connectivity index (χ3n) is 2.37. The normalized spacial score (nSPS) is 14.7. The zero-order valence-corrected chi connectivity index (χ0v) is 8.85. The number of nitrogens with one attached hydrogen (secondary N) is 1. The molecule has 0 fully saturated rings. The predicted molar refractivity (Wildman–Crippen MR) is 55.8 cm³/mol. The highest BCUT2D eigenvalue weighted by Gasteiger charge is 2.18. The van der Waals surface area contributed by atoms with Gasteiger partial charge in [0.05, 0.1) is 5.60 Å². The van der Waals surface area contributed by atoms with Crippen LogP contribution in [0, 0.1) is 11.6 Å². The summed E-state index contributed by atoms with van der Waals surface area (Å²) in [6.45, 7) is 3.53. The van der Waals surface area contributed by atoms with Gasteiger partial charge in [0.25, 0.3) is 0 Å². The first-order valence-electron chi connectivity index (χ1n) is 4.86. The molecule has 0 amide bonds. The molecule has 0 saturated carbocycles. The van der Waals surface area contributed by atoms with Crippen LogP contribution < -0.4 is 5.32 Å². The van der Waals surface area contributed by atoms with E-state index in [9.17, 15) is 13.9 Å². The molecule has 1 rings (SSSR count). The second-order valence-corrected chi connectivity index (χ2v) is 3.80. The van der Waals surface area contributed by atoms with E-state index in [0.29, 0.717) is 6.42 Å². The molecule has 2 nitrogen and oxygen atoms in total. The fraction of sp³-hybridized carbons (Fsp3) is 0.455. The number of para-hydroxylation sites is 1. The Hall–Kier alpha value is -1.16. The molecule has 4 heteroatoms. The molecular weight excluding hydrogens is 200 g/mol. The third-order valence-corrected chi connectivity index (χ3v) is 2.37. The van der Waals surface area contributed by atoms with Gasteiger partial charge in [-0.05, 0) is 25.5 Å². The van der Waals surface area contributed by atoms with Crippen molar-refractivity contribution < 1.29 is 13.9 Å². The Morgan fingerprint density at radius 2 is 1.87 bits per heavy atom. The number of benzene rings is 1. The Morgan fingerprint density at radius 3 is 2.33 bits per heavy atom. The summed E-state index contributed by atoms with van der Waals surface area (Å²) in [5.74, 6) is -1.30. The number of hydrogen-bond acceptors (Lipinski definition) is 2. The third kappa shape index (κ3) is 3.16. The van der Waals surface area contributed by atoms with Crippen molar-refractivity contribution in [1.29, 1.82) is 0 Å². The molecule has 0 aliphatic heterocycles. The van der Waals surface area contributed by atoms with Gasteiger partial charge in [-0.15, -0.1) is 0 Å². The molecule has 0 aromatic heterocycles. The van der Waals surface area contributed by atoms with E-state index in [2.05, 4.69) is 5.32 Å². The quantitative estimate of drug-likeness (QED) is 0.809. The molecule has 0 heterocycles. The topological polar surface area (TPSA) is 32.3 Å². The lowest BCUT2D eigenvalue weighted by Gasteiger charge is -2.22. The first-order chi connectivity index (χ1) is 6.96. The Kier molecular flexibility index (Phi) is 3.63. The Balaban J connectivity index is 2.73. The first kappa shape index (κ1) is 11.9. The Morgan fingerprint density at radius 1 is 1.33 bits per heavy atom. The Bertz CT molecular complexity index is 319. The van der Waals surface area contributed by atoms with Crippen molar-refractivity contribution in [2.45, 2.75) is 25.9 Å². The highest BCUT2D eigenvalue weighted by molar-refractivity contribution is 5.46. The van der Waals surface area contributed by atoms with Crippen molar-refractivity contribution >= 4 is 5.69 Å². The van der Waals surface area contributed by atoms with Crippen molar-refractivity contribution in [2.24, 2.45) is 0 Å². The van der Waals surface area contributed by atoms with Crippen molar-refractivity contribution in [3.8, 4) is 0 Å². The number of anilines is 1. The lowest BCUT2D eigenvalue weighted by atomic mass is 10.0. The van der Waals surface area contributed by atoms with Gasteiger partial charge in [0.1, 0.15) is 17.3 Å². The second-order valence-electron chi connectivity index (χ2n) is 3.80. The maximum Gasteiger partial charge on any atom is 0.149 e. The van der Waals surface area contributed by atoms with E-state index < -0.39 is 17.2 Å². The predicted octanol–water partition coefficient (Wildman–Crippen LogP) is 2.54. The minimum atomic E-state index is -0.964. The minimum absolute atomic E-state index is 0.112. The van der Waals surface area contributed by atoms with Crippen LogP contribution in [0.4, 0.5) is 14.5 Å². The lowest BCUT2D eigenvalue weighted by Crippen LogP contribution is -2.32. The van der Waals surface area contributed by atoms with Gasteiger partial charge in [-0.3, -0.25) is 0 Å². The van der Waals surface area contributed by atoms with E-state index >= 15 is 0 Å². The van der Waals surface area contributed by atoms with E-state index in [0.717, 1.165) is 0 Å². The fourth-order valence-electron chi connectivity index (χ4n) is 1.07. The molecule has 0 radical (unpaired) electrons. The molecular formula is C11H15F2NO. The van der Waals surface area contributed by atoms with Crippen LogP contribution in [0.2, 0.25) is 0 Å². The molecule has 1 aromatic carbocycles. The molecule has 0 aliphatic rings. The molecule has 0 aliphatic carbocycles. The summed E-state index contributed by atoms with van der Waals surface area (Å²) in [4.78, 5) is 0. The summed E-state index contributed by atoms with van der Waals surface area (Å²) >= 11 is 0. The molecule has 1 atom stereocenters. The SMILES string of the molecule is CCC(C)(O)CNc1c(F)cccc1F. The summed E-state index contributed by atoms with van der Waals surface area (Å²) in [6, 6.07) is 3.64. The summed E-state index contributed by atoms with van der Waals surface area (Å²) in [5, 5.41) is 12.2. The average molecular weight is 215 g/mol. The van der Waals surface area contributed by atoms with Crippen LogP contribution in [0.1, 0.15) is 20.3 Å². The van der Waals surface area contributed by atoms with Crippen LogP contribution in [0.15, 0.2) is 18.2 Å². The van der Waals surface area contributed by atoms with Crippen molar-refractivity contribution in [3.63, 3.8) is 0 Å². The zero-order valence-electron chi connectivity index (χ0n) is 8.85. The largest absolute Gasteiger partial charge is 0.388 e. The monoisotopic (exact) mass is 215 g/mol. The van der Waals surface area contributed by atoms with Gasteiger partial charge in [0, 0.05) is 6.54 Å². The van der Waals surface area contributed by atoms with Gasteiger partial charge >= 0.3 is 0 Å².